The number of nitro benzene ring substituents is 1. The van der Waals surface area contributed by atoms with E-state index in [2.05, 4.69) is 0 Å². The van der Waals surface area contributed by atoms with Gasteiger partial charge in [0.1, 0.15) is 5.56 Å². The highest BCUT2D eigenvalue weighted by Crippen LogP contribution is 2.23. The summed E-state index contributed by atoms with van der Waals surface area (Å²) in [5.41, 5.74) is 5.84. The van der Waals surface area contributed by atoms with Crippen LogP contribution in [0.5, 0.6) is 0 Å². The summed E-state index contributed by atoms with van der Waals surface area (Å²) in [6.07, 6.45) is 0.787. The molecule has 0 spiro atoms. The maximum Gasteiger partial charge on any atom is 0.282 e. The molecule has 0 aliphatic carbocycles. The smallest absolute Gasteiger partial charge is 0.282 e. The number of anilines is 1. The minimum atomic E-state index is -0.553. The van der Waals surface area contributed by atoms with Gasteiger partial charge in [-0.15, -0.1) is 0 Å². The van der Waals surface area contributed by atoms with E-state index in [1.54, 1.807) is 4.90 Å². The average Bonchev–Trinajstić information content (AvgIpc) is 2.42. The Morgan fingerprint density at radius 3 is 2.48 bits per heavy atom. The number of likely N-dealkylation sites (N-methyl/N-ethyl adjacent to an activating group) is 1. The van der Waals surface area contributed by atoms with Crippen LogP contribution in [-0.2, 0) is 0 Å². The summed E-state index contributed by atoms with van der Waals surface area (Å²) < 4.78 is 0. The second-order valence-corrected chi connectivity index (χ2v) is 5.13. The van der Waals surface area contributed by atoms with E-state index in [0.29, 0.717) is 25.3 Å². The predicted molar refractivity (Wildman–Crippen MR) is 82.3 cm³/mol. The van der Waals surface area contributed by atoms with Gasteiger partial charge in [-0.05, 0) is 32.6 Å². The normalized spacial score (nSPS) is 10.7. The molecule has 0 aliphatic rings. The molecule has 0 saturated carbocycles. The molecular weight excluding hydrogens is 272 g/mol. The Labute approximate surface area is 124 Å². The number of carbonyl (C=O) groups is 1. The quantitative estimate of drug-likeness (QED) is 0.468. The number of nitrogens with zero attached hydrogens (tertiary/aromatic N) is 3. The molecule has 1 aromatic carbocycles. The fourth-order valence-electron chi connectivity index (χ4n) is 1.96. The molecule has 1 amide bonds. The van der Waals surface area contributed by atoms with Gasteiger partial charge in [0.25, 0.3) is 11.6 Å². The molecule has 0 heterocycles. The second-order valence-electron chi connectivity index (χ2n) is 5.13. The summed E-state index contributed by atoms with van der Waals surface area (Å²) in [6.45, 7) is 3.73. The van der Waals surface area contributed by atoms with Crippen LogP contribution in [-0.4, -0.2) is 54.4 Å². The van der Waals surface area contributed by atoms with Gasteiger partial charge in [-0.25, -0.2) is 0 Å². The monoisotopic (exact) mass is 294 g/mol. The molecule has 0 aromatic heterocycles. The third-order valence-electron chi connectivity index (χ3n) is 3.05. The number of amides is 1. The van der Waals surface area contributed by atoms with Crippen molar-refractivity contribution < 1.29 is 9.72 Å². The molecule has 21 heavy (non-hydrogen) atoms. The van der Waals surface area contributed by atoms with E-state index in [9.17, 15) is 14.9 Å². The standard InChI is InChI=1S/C14H22N4O3/c1-4-7-17(9-8-16(2)3)14(19)12-10-11(15)5-6-13(12)18(20)21/h5-6,10H,4,7-9,15H2,1-3H3. The van der Waals surface area contributed by atoms with Gasteiger partial charge in [0.15, 0.2) is 0 Å². The zero-order chi connectivity index (χ0) is 16.0. The van der Waals surface area contributed by atoms with E-state index in [1.165, 1.54) is 18.2 Å². The molecule has 0 aliphatic heterocycles. The highest BCUT2D eigenvalue weighted by molar-refractivity contribution is 5.99. The van der Waals surface area contributed by atoms with Crippen molar-refractivity contribution in [2.45, 2.75) is 13.3 Å². The molecule has 2 N–H and O–H groups in total. The second kappa shape index (κ2) is 7.58. The lowest BCUT2D eigenvalue weighted by Gasteiger charge is -2.24. The van der Waals surface area contributed by atoms with E-state index >= 15 is 0 Å². The fourth-order valence-corrected chi connectivity index (χ4v) is 1.96. The van der Waals surface area contributed by atoms with Crippen molar-refractivity contribution in [2.75, 3.05) is 39.5 Å². The molecule has 0 unspecified atom stereocenters. The number of hydrogen-bond acceptors (Lipinski definition) is 5. The largest absolute Gasteiger partial charge is 0.399 e. The summed E-state index contributed by atoms with van der Waals surface area (Å²) >= 11 is 0. The molecule has 116 valence electrons. The van der Waals surface area contributed by atoms with Crippen molar-refractivity contribution in [3.63, 3.8) is 0 Å². The minimum absolute atomic E-state index is 0.0483. The van der Waals surface area contributed by atoms with Gasteiger partial charge < -0.3 is 15.5 Å². The van der Waals surface area contributed by atoms with E-state index < -0.39 is 4.92 Å². The van der Waals surface area contributed by atoms with Gasteiger partial charge in [0.2, 0.25) is 0 Å². The first-order valence-electron chi connectivity index (χ1n) is 6.84. The van der Waals surface area contributed by atoms with Gasteiger partial charge in [-0.3, -0.25) is 14.9 Å². The molecule has 0 atom stereocenters. The molecule has 0 bridgehead atoms. The fraction of sp³-hybridized carbons (Fsp3) is 0.500. The lowest BCUT2D eigenvalue weighted by molar-refractivity contribution is -0.385. The van der Waals surface area contributed by atoms with E-state index in [0.717, 1.165) is 6.42 Å². The highest BCUT2D eigenvalue weighted by atomic mass is 16.6. The first-order chi connectivity index (χ1) is 9.86. The number of hydrogen-bond donors (Lipinski definition) is 1. The number of benzene rings is 1. The Hall–Kier alpha value is -2.15. The van der Waals surface area contributed by atoms with Crippen LogP contribution in [0.4, 0.5) is 11.4 Å². The summed E-state index contributed by atoms with van der Waals surface area (Å²) in [7, 11) is 3.83. The Kier molecular flexibility index (Phi) is 6.10. The van der Waals surface area contributed by atoms with Gasteiger partial charge in [0, 0.05) is 31.4 Å². The van der Waals surface area contributed by atoms with Crippen LogP contribution in [0.15, 0.2) is 18.2 Å². The number of rotatable bonds is 7. The molecule has 7 heteroatoms. The van der Waals surface area contributed by atoms with Crippen LogP contribution in [0.1, 0.15) is 23.7 Å². The summed E-state index contributed by atoms with van der Waals surface area (Å²) in [6, 6.07) is 4.08. The summed E-state index contributed by atoms with van der Waals surface area (Å²) in [5, 5.41) is 11.1. The molecule has 7 nitrogen and oxygen atoms in total. The van der Waals surface area contributed by atoms with Crippen molar-refractivity contribution in [1.82, 2.24) is 9.80 Å². The number of nitro groups is 1. The topological polar surface area (TPSA) is 92.7 Å². The van der Waals surface area contributed by atoms with Gasteiger partial charge in [0.05, 0.1) is 4.92 Å². The van der Waals surface area contributed by atoms with Crippen LogP contribution < -0.4 is 5.73 Å². The summed E-state index contributed by atoms with van der Waals surface area (Å²) in [5.74, 6) is -0.349. The Balaban J connectivity index is 3.07. The number of nitrogens with two attached hydrogens (primary N) is 1. The number of carbonyl (C=O) groups excluding carboxylic acids is 1. The third-order valence-corrected chi connectivity index (χ3v) is 3.05. The third kappa shape index (κ3) is 4.71. The first-order valence-corrected chi connectivity index (χ1v) is 6.84. The average molecular weight is 294 g/mol. The maximum absolute atomic E-state index is 12.6. The zero-order valence-electron chi connectivity index (χ0n) is 12.7. The van der Waals surface area contributed by atoms with Gasteiger partial charge in [-0.2, -0.15) is 0 Å². The summed E-state index contributed by atoms with van der Waals surface area (Å²) in [4.78, 5) is 26.7. The number of nitrogen functional groups attached to an aromatic ring is 1. The van der Waals surface area contributed by atoms with Gasteiger partial charge in [-0.1, -0.05) is 6.92 Å². The molecular formula is C14H22N4O3. The van der Waals surface area contributed by atoms with Crippen molar-refractivity contribution >= 4 is 17.3 Å². The van der Waals surface area contributed by atoms with Crippen molar-refractivity contribution in [2.24, 2.45) is 0 Å². The van der Waals surface area contributed by atoms with Crippen molar-refractivity contribution in [1.29, 1.82) is 0 Å². The van der Waals surface area contributed by atoms with Crippen LogP contribution in [0.3, 0.4) is 0 Å². The zero-order valence-corrected chi connectivity index (χ0v) is 12.7. The Morgan fingerprint density at radius 2 is 1.95 bits per heavy atom. The van der Waals surface area contributed by atoms with E-state index in [1.807, 2.05) is 25.9 Å². The Morgan fingerprint density at radius 1 is 1.29 bits per heavy atom. The molecule has 0 saturated heterocycles. The molecule has 0 fully saturated rings. The van der Waals surface area contributed by atoms with Crippen LogP contribution in [0.2, 0.25) is 0 Å². The van der Waals surface area contributed by atoms with Crippen molar-refractivity contribution in [3.05, 3.63) is 33.9 Å². The van der Waals surface area contributed by atoms with Crippen LogP contribution in [0.25, 0.3) is 0 Å². The van der Waals surface area contributed by atoms with Crippen LogP contribution >= 0.6 is 0 Å². The van der Waals surface area contributed by atoms with E-state index in [4.69, 9.17) is 5.73 Å². The van der Waals surface area contributed by atoms with Crippen LogP contribution in [0, 0.1) is 10.1 Å². The molecule has 0 radical (unpaired) electrons. The minimum Gasteiger partial charge on any atom is -0.399 e. The molecule has 1 rings (SSSR count). The predicted octanol–water partition coefficient (Wildman–Crippen LogP) is 1.59. The molecule has 1 aromatic rings. The lowest BCUT2D eigenvalue weighted by Crippen LogP contribution is -2.37. The van der Waals surface area contributed by atoms with Gasteiger partial charge >= 0.3 is 0 Å². The first kappa shape index (κ1) is 16.9. The highest BCUT2D eigenvalue weighted by Gasteiger charge is 2.24. The SMILES string of the molecule is CCCN(CCN(C)C)C(=O)c1cc(N)ccc1[N+](=O)[O-]. The Bertz CT molecular complexity index is 517. The maximum atomic E-state index is 12.6. The van der Waals surface area contributed by atoms with Crippen molar-refractivity contribution in [3.8, 4) is 0 Å². The van der Waals surface area contributed by atoms with E-state index in [-0.39, 0.29) is 17.2 Å². The lowest BCUT2D eigenvalue weighted by atomic mass is 10.1.